The van der Waals surface area contributed by atoms with Gasteiger partial charge in [-0.3, -0.25) is 9.69 Å². The zero-order chi connectivity index (χ0) is 27.5. The van der Waals surface area contributed by atoms with Gasteiger partial charge in [-0.2, -0.15) is 0 Å². The highest BCUT2D eigenvalue weighted by Crippen LogP contribution is 2.34. The van der Waals surface area contributed by atoms with Crippen molar-refractivity contribution in [2.45, 2.75) is 52.4 Å². The Morgan fingerprint density at radius 3 is 2.58 bits per heavy atom. The van der Waals surface area contributed by atoms with Crippen LogP contribution in [0.5, 0.6) is 11.5 Å². The number of aromatic nitrogens is 5. The van der Waals surface area contributed by atoms with Crippen molar-refractivity contribution < 1.29 is 9.47 Å². The molecule has 0 amide bonds. The second-order valence-electron chi connectivity index (χ2n) is 10.1. The Labute approximate surface area is 232 Å². The fourth-order valence-electron chi connectivity index (χ4n) is 5.33. The molecule has 0 fully saturated rings. The second kappa shape index (κ2) is 11.3. The Balaban J connectivity index is 1.38. The zero-order valence-corrected chi connectivity index (χ0v) is 22.7. The van der Waals surface area contributed by atoms with Gasteiger partial charge in [-0.25, -0.2) is 4.68 Å². The summed E-state index contributed by atoms with van der Waals surface area (Å²) in [4.78, 5) is 18.6. The summed E-state index contributed by atoms with van der Waals surface area (Å²) < 4.78 is 13.0. The maximum atomic E-state index is 13.3. The molecule has 0 saturated carbocycles. The summed E-state index contributed by atoms with van der Waals surface area (Å²) in [5.41, 5.74) is 4.84. The first-order chi connectivity index (χ1) is 19.6. The standard InChI is InChI=1S/C31H32N6O3/c1-3-21-10-12-26-24(14-21)16-25(31(38)32-26)19-36(17-23-11-13-28-29(15-23)40-20-39-28)27(4-2)30-33-34-35-37(30)18-22-8-6-5-7-9-22/h5-16,27H,3-4,17-20H2,1-2H3,(H,32,38)/t27-/m0/s1. The number of hydrogen-bond donors (Lipinski definition) is 1. The van der Waals surface area contributed by atoms with Gasteiger partial charge in [-0.15, -0.1) is 5.10 Å². The molecule has 9 nitrogen and oxygen atoms in total. The lowest BCUT2D eigenvalue weighted by Gasteiger charge is -2.30. The SMILES string of the molecule is CCc1ccc2[nH]c(=O)c(CN(Cc3ccc4c(c3)OCO4)[C@@H](CC)c3nnnn3Cc3ccccc3)cc2c1. The number of hydrogen-bond acceptors (Lipinski definition) is 7. The molecular formula is C31H32N6O3. The molecule has 0 saturated heterocycles. The highest BCUT2D eigenvalue weighted by molar-refractivity contribution is 5.79. The first kappa shape index (κ1) is 25.8. The van der Waals surface area contributed by atoms with Crippen molar-refractivity contribution >= 4 is 10.9 Å². The molecule has 1 aliphatic heterocycles. The lowest BCUT2D eigenvalue weighted by Crippen LogP contribution is -2.32. The van der Waals surface area contributed by atoms with Crippen LogP contribution in [0, 0.1) is 0 Å². The van der Waals surface area contributed by atoms with Gasteiger partial charge in [0, 0.05) is 24.2 Å². The Bertz CT molecular complexity index is 1680. The van der Waals surface area contributed by atoms with Crippen LogP contribution in [0.4, 0.5) is 0 Å². The molecule has 2 aromatic heterocycles. The van der Waals surface area contributed by atoms with Crippen LogP contribution in [0.1, 0.15) is 54.4 Å². The predicted molar refractivity (Wildman–Crippen MR) is 152 cm³/mol. The molecular weight excluding hydrogens is 504 g/mol. The third-order valence-electron chi connectivity index (χ3n) is 7.45. The molecule has 3 aromatic carbocycles. The molecule has 0 unspecified atom stereocenters. The van der Waals surface area contributed by atoms with Crippen molar-refractivity contribution in [3.63, 3.8) is 0 Å². The lowest BCUT2D eigenvalue weighted by molar-refractivity contribution is 0.161. The van der Waals surface area contributed by atoms with Crippen molar-refractivity contribution in [2.75, 3.05) is 6.79 Å². The van der Waals surface area contributed by atoms with Crippen LogP contribution in [-0.4, -0.2) is 36.9 Å². The second-order valence-corrected chi connectivity index (χ2v) is 10.1. The molecule has 5 aromatic rings. The minimum atomic E-state index is -0.138. The molecule has 1 aliphatic rings. The Hall–Kier alpha value is -4.50. The van der Waals surface area contributed by atoms with E-state index in [0.717, 1.165) is 52.2 Å². The van der Waals surface area contributed by atoms with Crippen LogP contribution in [0.15, 0.2) is 77.6 Å². The topological polar surface area (TPSA) is 98.2 Å². The average Bonchev–Trinajstić information content (AvgIpc) is 3.63. The average molecular weight is 537 g/mol. The summed E-state index contributed by atoms with van der Waals surface area (Å²) in [5.74, 6) is 2.24. The smallest absolute Gasteiger partial charge is 0.252 e. The number of tetrazole rings is 1. The monoisotopic (exact) mass is 536 g/mol. The first-order valence-electron chi connectivity index (χ1n) is 13.7. The third-order valence-corrected chi connectivity index (χ3v) is 7.45. The van der Waals surface area contributed by atoms with Gasteiger partial charge in [-0.05, 0) is 75.7 Å². The van der Waals surface area contributed by atoms with E-state index in [1.165, 1.54) is 5.56 Å². The van der Waals surface area contributed by atoms with E-state index in [0.29, 0.717) is 25.2 Å². The summed E-state index contributed by atoms with van der Waals surface area (Å²) in [6.07, 6.45) is 1.69. The van der Waals surface area contributed by atoms with Crippen molar-refractivity contribution in [1.82, 2.24) is 30.1 Å². The van der Waals surface area contributed by atoms with E-state index in [-0.39, 0.29) is 18.4 Å². The summed E-state index contributed by atoms with van der Waals surface area (Å²) >= 11 is 0. The zero-order valence-electron chi connectivity index (χ0n) is 22.7. The molecule has 0 radical (unpaired) electrons. The highest BCUT2D eigenvalue weighted by Gasteiger charge is 2.27. The molecule has 6 rings (SSSR count). The van der Waals surface area contributed by atoms with Gasteiger partial charge in [0.15, 0.2) is 17.3 Å². The number of H-pyrrole nitrogens is 1. The maximum absolute atomic E-state index is 13.3. The van der Waals surface area contributed by atoms with Crippen LogP contribution in [0.25, 0.3) is 10.9 Å². The Morgan fingerprint density at radius 1 is 0.925 bits per heavy atom. The fourth-order valence-corrected chi connectivity index (χ4v) is 5.33. The van der Waals surface area contributed by atoms with Gasteiger partial charge in [0.2, 0.25) is 6.79 Å². The molecule has 1 atom stereocenters. The van der Waals surface area contributed by atoms with Crippen molar-refractivity contribution in [2.24, 2.45) is 0 Å². The molecule has 9 heteroatoms. The number of ether oxygens (including phenoxy) is 2. The number of aryl methyl sites for hydroxylation is 1. The molecule has 204 valence electrons. The van der Waals surface area contributed by atoms with E-state index < -0.39 is 0 Å². The number of nitrogens with zero attached hydrogens (tertiary/aromatic N) is 5. The summed E-state index contributed by atoms with van der Waals surface area (Å²) in [7, 11) is 0. The van der Waals surface area contributed by atoms with Gasteiger partial charge in [0.25, 0.3) is 5.56 Å². The van der Waals surface area contributed by atoms with E-state index in [1.54, 1.807) is 0 Å². The Kier molecular flexibility index (Phi) is 7.29. The predicted octanol–water partition coefficient (Wildman–Crippen LogP) is 5.01. The van der Waals surface area contributed by atoms with Gasteiger partial charge < -0.3 is 14.5 Å². The number of pyridine rings is 1. The maximum Gasteiger partial charge on any atom is 0.252 e. The molecule has 0 bridgehead atoms. The van der Waals surface area contributed by atoms with Crippen LogP contribution in [0.2, 0.25) is 0 Å². The van der Waals surface area contributed by atoms with E-state index in [9.17, 15) is 4.79 Å². The minimum absolute atomic E-state index is 0.0915. The van der Waals surface area contributed by atoms with Gasteiger partial charge in [-0.1, -0.05) is 56.3 Å². The normalized spacial score (nSPS) is 13.3. The summed E-state index contributed by atoms with van der Waals surface area (Å²) in [5, 5.41) is 13.9. The van der Waals surface area contributed by atoms with E-state index in [4.69, 9.17) is 9.47 Å². The van der Waals surface area contributed by atoms with Crippen molar-refractivity contribution in [3.8, 4) is 11.5 Å². The fraction of sp³-hybridized carbons (Fsp3) is 0.290. The van der Waals surface area contributed by atoms with Crippen LogP contribution < -0.4 is 15.0 Å². The Morgan fingerprint density at radius 2 is 1.75 bits per heavy atom. The van der Waals surface area contributed by atoms with E-state index >= 15 is 0 Å². The van der Waals surface area contributed by atoms with E-state index in [1.807, 2.05) is 53.2 Å². The first-order valence-corrected chi connectivity index (χ1v) is 13.7. The number of fused-ring (bicyclic) bond motifs is 2. The highest BCUT2D eigenvalue weighted by atomic mass is 16.7. The number of rotatable bonds is 10. The molecule has 40 heavy (non-hydrogen) atoms. The number of nitrogens with one attached hydrogen (secondary N) is 1. The van der Waals surface area contributed by atoms with Gasteiger partial charge in [0.1, 0.15) is 0 Å². The molecule has 1 N–H and O–H groups in total. The summed E-state index contributed by atoms with van der Waals surface area (Å²) in [6.45, 7) is 6.03. The van der Waals surface area contributed by atoms with Crippen LogP contribution in [0.3, 0.4) is 0 Å². The van der Waals surface area contributed by atoms with Gasteiger partial charge >= 0.3 is 0 Å². The molecule has 0 aliphatic carbocycles. The third kappa shape index (κ3) is 5.33. The van der Waals surface area contributed by atoms with Gasteiger partial charge in [0.05, 0.1) is 12.6 Å². The molecule has 3 heterocycles. The quantitative estimate of drug-likeness (QED) is 0.268. The van der Waals surface area contributed by atoms with Crippen LogP contribution >= 0.6 is 0 Å². The van der Waals surface area contributed by atoms with Crippen LogP contribution in [-0.2, 0) is 26.1 Å². The van der Waals surface area contributed by atoms with Crippen molar-refractivity contribution in [3.05, 3.63) is 111 Å². The van der Waals surface area contributed by atoms with Crippen molar-refractivity contribution in [1.29, 1.82) is 0 Å². The minimum Gasteiger partial charge on any atom is -0.454 e. The number of benzene rings is 3. The lowest BCUT2D eigenvalue weighted by atomic mass is 10.1. The molecule has 0 spiro atoms. The number of aromatic amines is 1. The largest absolute Gasteiger partial charge is 0.454 e. The summed E-state index contributed by atoms with van der Waals surface area (Å²) in [6, 6.07) is 24.2. The van der Waals surface area contributed by atoms with E-state index in [2.05, 4.69) is 63.5 Å².